The first kappa shape index (κ1) is 14.6. The predicted molar refractivity (Wildman–Crippen MR) is 65.5 cm³/mol. The van der Waals surface area contributed by atoms with Gasteiger partial charge >= 0.3 is 6.18 Å². The SMILES string of the molecule is CC1CCC(C(=O)N2CCCC(C(F)(F)F)C2)CN1. The van der Waals surface area contributed by atoms with Crippen LogP contribution in [0, 0.1) is 11.8 Å². The molecule has 0 bridgehead atoms. The summed E-state index contributed by atoms with van der Waals surface area (Å²) < 4.78 is 38.2. The highest BCUT2D eigenvalue weighted by Crippen LogP contribution is 2.33. The molecule has 0 aliphatic carbocycles. The lowest BCUT2D eigenvalue weighted by atomic mass is 9.91. The van der Waals surface area contributed by atoms with Gasteiger partial charge in [0.1, 0.15) is 0 Å². The second-order valence-electron chi connectivity index (χ2n) is 5.75. The van der Waals surface area contributed by atoms with Crippen LogP contribution >= 0.6 is 0 Å². The lowest BCUT2D eigenvalue weighted by molar-refractivity contribution is -0.188. The number of amides is 1. The highest BCUT2D eigenvalue weighted by molar-refractivity contribution is 5.79. The molecule has 6 heteroatoms. The molecule has 0 aromatic heterocycles. The van der Waals surface area contributed by atoms with Gasteiger partial charge in [0.25, 0.3) is 0 Å². The number of piperidine rings is 2. The van der Waals surface area contributed by atoms with Crippen LogP contribution in [-0.2, 0) is 4.79 Å². The average molecular weight is 278 g/mol. The first-order valence-corrected chi connectivity index (χ1v) is 6.97. The van der Waals surface area contributed by atoms with Gasteiger partial charge in [0.05, 0.1) is 11.8 Å². The average Bonchev–Trinajstić information content (AvgIpc) is 2.38. The Labute approximate surface area is 111 Å². The smallest absolute Gasteiger partial charge is 0.342 e. The zero-order chi connectivity index (χ0) is 14.0. The van der Waals surface area contributed by atoms with Crippen molar-refractivity contribution in [2.45, 2.75) is 44.8 Å². The molecule has 2 saturated heterocycles. The second kappa shape index (κ2) is 5.69. The van der Waals surface area contributed by atoms with Crippen molar-refractivity contribution in [3.8, 4) is 0 Å². The Balaban J connectivity index is 1.92. The van der Waals surface area contributed by atoms with Crippen LogP contribution in [0.5, 0.6) is 0 Å². The molecule has 3 unspecified atom stereocenters. The fourth-order valence-electron chi connectivity index (χ4n) is 2.91. The van der Waals surface area contributed by atoms with E-state index in [0.717, 1.165) is 12.8 Å². The zero-order valence-corrected chi connectivity index (χ0v) is 11.2. The Morgan fingerprint density at radius 3 is 2.58 bits per heavy atom. The van der Waals surface area contributed by atoms with Gasteiger partial charge in [-0.05, 0) is 32.6 Å². The molecule has 3 nitrogen and oxygen atoms in total. The fraction of sp³-hybridized carbons (Fsp3) is 0.923. The molecule has 0 aromatic carbocycles. The number of nitrogens with zero attached hydrogens (tertiary/aromatic N) is 1. The lowest BCUT2D eigenvalue weighted by Gasteiger charge is -2.37. The van der Waals surface area contributed by atoms with Crippen molar-refractivity contribution in [3.05, 3.63) is 0 Å². The van der Waals surface area contributed by atoms with Crippen molar-refractivity contribution < 1.29 is 18.0 Å². The lowest BCUT2D eigenvalue weighted by Crippen LogP contribution is -2.50. The summed E-state index contributed by atoms with van der Waals surface area (Å²) in [5.41, 5.74) is 0. The Morgan fingerprint density at radius 2 is 2.00 bits per heavy atom. The molecular formula is C13H21F3N2O. The predicted octanol–water partition coefficient (Wildman–Crippen LogP) is 2.18. The number of rotatable bonds is 1. The van der Waals surface area contributed by atoms with Crippen LogP contribution in [0.25, 0.3) is 0 Å². The maximum absolute atomic E-state index is 12.7. The monoisotopic (exact) mass is 278 g/mol. The van der Waals surface area contributed by atoms with Gasteiger partial charge in [-0.1, -0.05) is 0 Å². The molecule has 110 valence electrons. The molecule has 0 saturated carbocycles. The minimum absolute atomic E-state index is 0.103. The van der Waals surface area contributed by atoms with Gasteiger partial charge in [-0.15, -0.1) is 0 Å². The molecule has 2 fully saturated rings. The Bertz CT molecular complexity index is 324. The van der Waals surface area contributed by atoms with E-state index in [0.29, 0.717) is 25.6 Å². The summed E-state index contributed by atoms with van der Waals surface area (Å²) in [6.45, 7) is 2.96. The maximum atomic E-state index is 12.7. The Morgan fingerprint density at radius 1 is 1.26 bits per heavy atom. The summed E-state index contributed by atoms with van der Waals surface area (Å²) in [5, 5.41) is 3.22. The topological polar surface area (TPSA) is 32.3 Å². The highest BCUT2D eigenvalue weighted by atomic mass is 19.4. The van der Waals surface area contributed by atoms with Gasteiger partial charge in [-0.2, -0.15) is 13.2 Å². The summed E-state index contributed by atoms with van der Waals surface area (Å²) in [5.74, 6) is -1.60. The number of likely N-dealkylation sites (tertiary alicyclic amines) is 1. The van der Waals surface area contributed by atoms with Gasteiger partial charge in [0, 0.05) is 25.7 Å². The standard InChI is InChI=1S/C13H21F3N2O/c1-9-4-5-10(7-17-9)12(19)18-6-2-3-11(8-18)13(14,15)16/h9-11,17H,2-8H2,1H3. The van der Waals surface area contributed by atoms with Gasteiger partial charge in [-0.3, -0.25) is 4.79 Å². The highest BCUT2D eigenvalue weighted by Gasteiger charge is 2.43. The molecule has 0 spiro atoms. The Kier molecular flexibility index (Phi) is 4.38. The molecule has 0 radical (unpaired) electrons. The number of nitrogens with one attached hydrogen (secondary N) is 1. The first-order chi connectivity index (χ1) is 8.88. The largest absolute Gasteiger partial charge is 0.393 e. The molecule has 19 heavy (non-hydrogen) atoms. The van der Waals surface area contributed by atoms with E-state index in [1.54, 1.807) is 0 Å². The van der Waals surface area contributed by atoms with Crippen molar-refractivity contribution in [2.75, 3.05) is 19.6 Å². The molecule has 3 atom stereocenters. The number of hydrogen-bond donors (Lipinski definition) is 1. The van der Waals surface area contributed by atoms with Crippen molar-refractivity contribution in [1.29, 1.82) is 0 Å². The van der Waals surface area contributed by atoms with E-state index in [-0.39, 0.29) is 24.8 Å². The van der Waals surface area contributed by atoms with Crippen LogP contribution in [0.2, 0.25) is 0 Å². The normalized spacial score (nSPS) is 33.3. The molecule has 2 heterocycles. The number of carbonyl (C=O) groups is 1. The molecule has 2 aliphatic heterocycles. The Hall–Kier alpha value is -0.780. The van der Waals surface area contributed by atoms with E-state index >= 15 is 0 Å². The van der Waals surface area contributed by atoms with Gasteiger partial charge in [0.15, 0.2) is 0 Å². The second-order valence-corrected chi connectivity index (χ2v) is 5.75. The molecule has 2 aliphatic rings. The van der Waals surface area contributed by atoms with Crippen molar-refractivity contribution >= 4 is 5.91 Å². The quantitative estimate of drug-likeness (QED) is 0.797. The van der Waals surface area contributed by atoms with Crippen LogP contribution in [0.4, 0.5) is 13.2 Å². The van der Waals surface area contributed by atoms with Crippen molar-refractivity contribution in [3.63, 3.8) is 0 Å². The number of hydrogen-bond acceptors (Lipinski definition) is 2. The van der Waals surface area contributed by atoms with Crippen LogP contribution in [-0.4, -0.2) is 42.7 Å². The summed E-state index contributed by atoms with van der Waals surface area (Å²) in [7, 11) is 0. The van der Waals surface area contributed by atoms with E-state index in [2.05, 4.69) is 12.2 Å². The summed E-state index contributed by atoms with van der Waals surface area (Å²) >= 11 is 0. The zero-order valence-electron chi connectivity index (χ0n) is 11.2. The number of alkyl halides is 3. The van der Waals surface area contributed by atoms with Gasteiger partial charge in [0.2, 0.25) is 5.91 Å². The third kappa shape index (κ3) is 3.61. The summed E-state index contributed by atoms with van der Waals surface area (Å²) in [4.78, 5) is 13.7. The van der Waals surface area contributed by atoms with Gasteiger partial charge < -0.3 is 10.2 Å². The molecular weight excluding hydrogens is 257 g/mol. The van der Waals surface area contributed by atoms with E-state index in [1.807, 2.05) is 0 Å². The van der Waals surface area contributed by atoms with Crippen LogP contribution in [0.1, 0.15) is 32.6 Å². The first-order valence-electron chi connectivity index (χ1n) is 6.97. The molecule has 0 aromatic rings. The van der Waals surface area contributed by atoms with Crippen molar-refractivity contribution in [1.82, 2.24) is 10.2 Å². The molecule has 2 rings (SSSR count). The van der Waals surface area contributed by atoms with Crippen LogP contribution < -0.4 is 5.32 Å². The number of carbonyl (C=O) groups excluding carboxylic acids is 1. The van der Waals surface area contributed by atoms with E-state index in [4.69, 9.17) is 0 Å². The van der Waals surface area contributed by atoms with Crippen LogP contribution in [0.15, 0.2) is 0 Å². The summed E-state index contributed by atoms with van der Waals surface area (Å²) in [6.07, 6.45) is -1.90. The molecule has 1 N–H and O–H groups in total. The van der Waals surface area contributed by atoms with Crippen LogP contribution in [0.3, 0.4) is 0 Å². The van der Waals surface area contributed by atoms with E-state index < -0.39 is 12.1 Å². The maximum Gasteiger partial charge on any atom is 0.393 e. The number of halogens is 3. The fourth-order valence-corrected chi connectivity index (χ4v) is 2.91. The third-order valence-electron chi connectivity index (χ3n) is 4.21. The third-order valence-corrected chi connectivity index (χ3v) is 4.21. The molecule has 1 amide bonds. The summed E-state index contributed by atoms with van der Waals surface area (Å²) in [6, 6.07) is 0.397. The van der Waals surface area contributed by atoms with E-state index in [1.165, 1.54) is 4.90 Å². The van der Waals surface area contributed by atoms with Crippen molar-refractivity contribution in [2.24, 2.45) is 11.8 Å². The van der Waals surface area contributed by atoms with Gasteiger partial charge in [-0.25, -0.2) is 0 Å². The minimum atomic E-state index is -4.18. The minimum Gasteiger partial charge on any atom is -0.342 e. The van der Waals surface area contributed by atoms with E-state index in [9.17, 15) is 18.0 Å².